The van der Waals surface area contributed by atoms with Crippen molar-refractivity contribution >= 4 is 46.7 Å². The minimum absolute atomic E-state index is 0.0614. The molecule has 176 valence electrons. The summed E-state index contributed by atoms with van der Waals surface area (Å²) in [5, 5.41) is 6.15. The third kappa shape index (κ3) is 5.60. The number of piperazine rings is 1. The van der Waals surface area contributed by atoms with Crippen LogP contribution in [0, 0.1) is 0 Å². The predicted molar refractivity (Wildman–Crippen MR) is 132 cm³/mol. The van der Waals surface area contributed by atoms with Crippen molar-refractivity contribution in [2.75, 3.05) is 24.5 Å². The molecule has 0 aliphatic carbocycles. The molecule has 0 saturated carbocycles. The average Bonchev–Trinajstić information content (AvgIpc) is 3.05. The molecule has 0 spiro atoms. The molecule has 2 heterocycles. The number of anilines is 1. The highest BCUT2D eigenvalue weighted by Crippen LogP contribution is 2.30. The van der Waals surface area contributed by atoms with Gasteiger partial charge >= 0.3 is 6.03 Å². The highest BCUT2D eigenvalue weighted by Gasteiger charge is 2.47. The zero-order valence-corrected chi connectivity index (χ0v) is 20.2. The van der Waals surface area contributed by atoms with Gasteiger partial charge in [0.05, 0.1) is 0 Å². The number of benzene rings is 1. The van der Waals surface area contributed by atoms with Gasteiger partial charge < -0.3 is 15.1 Å². The van der Waals surface area contributed by atoms with E-state index in [1.165, 1.54) is 0 Å². The van der Waals surface area contributed by atoms with Gasteiger partial charge in [-0.3, -0.25) is 14.9 Å². The molecule has 33 heavy (non-hydrogen) atoms. The molecule has 2 aliphatic rings. The number of allylic oxidation sites excluding steroid dienone is 4. The van der Waals surface area contributed by atoms with E-state index in [4.69, 9.17) is 23.2 Å². The van der Waals surface area contributed by atoms with E-state index in [0.29, 0.717) is 35.3 Å². The fourth-order valence-corrected chi connectivity index (χ4v) is 4.80. The molecule has 2 fully saturated rings. The maximum atomic E-state index is 13.0. The Balaban J connectivity index is 1.67. The van der Waals surface area contributed by atoms with Crippen molar-refractivity contribution in [3.63, 3.8) is 0 Å². The Morgan fingerprint density at radius 1 is 1.21 bits per heavy atom. The number of halogens is 2. The topological polar surface area (TPSA) is 81.8 Å². The molecule has 3 rings (SSSR count). The van der Waals surface area contributed by atoms with Gasteiger partial charge in [-0.05, 0) is 44.0 Å². The van der Waals surface area contributed by atoms with Crippen LogP contribution in [-0.4, -0.2) is 54.0 Å². The lowest BCUT2D eigenvalue weighted by atomic mass is 9.85. The van der Waals surface area contributed by atoms with Gasteiger partial charge in [0.2, 0.25) is 5.91 Å². The van der Waals surface area contributed by atoms with Gasteiger partial charge in [-0.15, -0.1) is 0 Å². The number of hydrogen-bond donors (Lipinski definition) is 2. The number of imide groups is 1. The van der Waals surface area contributed by atoms with Crippen molar-refractivity contribution < 1.29 is 14.4 Å². The van der Waals surface area contributed by atoms with E-state index in [-0.39, 0.29) is 24.8 Å². The number of rotatable bonds is 7. The van der Waals surface area contributed by atoms with Gasteiger partial charge in [-0.25, -0.2) is 4.79 Å². The molecule has 1 unspecified atom stereocenters. The second kappa shape index (κ2) is 10.4. The Kier molecular flexibility index (Phi) is 7.87. The van der Waals surface area contributed by atoms with Crippen LogP contribution in [0.25, 0.3) is 0 Å². The molecule has 9 heteroatoms. The van der Waals surface area contributed by atoms with Crippen LogP contribution >= 0.6 is 23.2 Å². The molecule has 0 bridgehead atoms. The van der Waals surface area contributed by atoms with Crippen LogP contribution in [-0.2, 0) is 9.59 Å². The molecule has 7 nitrogen and oxygen atoms in total. The SMILES string of the molecule is C=C/C=C\C=C(/C)C1(CCC(=O)N2CCN(c3cc(Cl)cc(Cl)c3)[C@@H](C)C2)NC(=O)NC1=O. The summed E-state index contributed by atoms with van der Waals surface area (Å²) in [6.07, 6.45) is 7.13. The molecule has 1 aromatic rings. The van der Waals surface area contributed by atoms with E-state index < -0.39 is 17.5 Å². The van der Waals surface area contributed by atoms with Gasteiger partial charge in [0.1, 0.15) is 5.54 Å². The molecule has 2 N–H and O–H groups in total. The first-order chi connectivity index (χ1) is 15.7. The Morgan fingerprint density at radius 3 is 2.48 bits per heavy atom. The Morgan fingerprint density at radius 2 is 1.91 bits per heavy atom. The lowest BCUT2D eigenvalue weighted by Crippen LogP contribution is -2.54. The van der Waals surface area contributed by atoms with Crippen LogP contribution in [0.1, 0.15) is 26.7 Å². The van der Waals surface area contributed by atoms with Crippen molar-refractivity contribution in [3.8, 4) is 0 Å². The van der Waals surface area contributed by atoms with Crippen molar-refractivity contribution in [2.24, 2.45) is 0 Å². The standard InChI is InChI=1S/C24H28Cl2N4O3/c1-4-5-6-7-16(2)24(22(32)27-23(33)28-24)9-8-21(31)29-10-11-30(17(3)15-29)20-13-18(25)12-19(26)14-20/h4-7,12-14,17H,1,8-11,15H2,2-3H3,(H2,27,28,32,33)/b6-5-,16-7+/t17-,24?/m0/s1. The highest BCUT2D eigenvalue weighted by atomic mass is 35.5. The lowest BCUT2D eigenvalue weighted by molar-refractivity contribution is -0.132. The quantitative estimate of drug-likeness (QED) is 0.445. The minimum Gasteiger partial charge on any atom is -0.365 e. The maximum Gasteiger partial charge on any atom is 0.322 e. The number of hydrogen-bond acceptors (Lipinski definition) is 4. The number of carbonyl (C=O) groups is 3. The van der Waals surface area contributed by atoms with E-state index in [2.05, 4.69) is 22.1 Å². The zero-order chi connectivity index (χ0) is 24.2. The van der Waals surface area contributed by atoms with Gasteiger partial charge in [-0.1, -0.05) is 54.1 Å². The normalized spacial score (nSPS) is 23.6. The fraction of sp³-hybridized carbons (Fsp3) is 0.375. The second-order valence-electron chi connectivity index (χ2n) is 8.29. The molecule has 0 radical (unpaired) electrons. The average molecular weight is 491 g/mol. The summed E-state index contributed by atoms with van der Waals surface area (Å²) in [7, 11) is 0. The summed E-state index contributed by atoms with van der Waals surface area (Å²) in [4.78, 5) is 41.5. The molecule has 2 aliphatic heterocycles. The number of nitrogens with zero attached hydrogens (tertiary/aromatic N) is 2. The van der Waals surface area contributed by atoms with Gasteiger partial charge in [-0.2, -0.15) is 0 Å². The molecule has 2 saturated heterocycles. The first-order valence-electron chi connectivity index (χ1n) is 10.8. The van der Waals surface area contributed by atoms with Crippen LogP contribution in [0.5, 0.6) is 0 Å². The number of amides is 4. The first-order valence-corrected chi connectivity index (χ1v) is 11.5. The summed E-state index contributed by atoms with van der Waals surface area (Å²) >= 11 is 12.3. The van der Waals surface area contributed by atoms with Gasteiger partial charge in [0.25, 0.3) is 5.91 Å². The van der Waals surface area contributed by atoms with E-state index in [0.717, 1.165) is 5.69 Å². The molecular formula is C24H28Cl2N4O3. The summed E-state index contributed by atoms with van der Waals surface area (Å²) in [6.45, 7) is 9.13. The third-order valence-electron chi connectivity index (χ3n) is 6.08. The van der Waals surface area contributed by atoms with Crippen LogP contribution in [0.3, 0.4) is 0 Å². The molecule has 0 aromatic heterocycles. The van der Waals surface area contributed by atoms with E-state index in [9.17, 15) is 14.4 Å². The minimum atomic E-state index is -1.25. The predicted octanol–water partition coefficient (Wildman–Crippen LogP) is 4.08. The van der Waals surface area contributed by atoms with Crippen molar-refractivity contribution in [2.45, 2.75) is 38.3 Å². The highest BCUT2D eigenvalue weighted by molar-refractivity contribution is 6.35. The molecule has 2 atom stereocenters. The fourth-order valence-electron chi connectivity index (χ4n) is 4.29. The summed E-state index contributed by atoms with van der Waals surface area (Å²) in [6, 6.07) is 4.92. The third-order valence-corrected chi connectivity index (χ3v) is 6.52. The van der Waals surface area contributed by atoms with E-state index in [1.807, 2.05) is 19.1 Å². The molecular weight excluding hydrogens is 463 g/mol. The molecule has 1 aromatic carbocycles. The van der Waals surface area contributed by atoms with Crippen molar-refractivity contribution in [1.82, 2.24) is 15.5 Å². The van der Waals surface area contributed by atoms with E-state index >= 15 is 0 Å². The Labute approximate surface area is 204 Å². The van der Waals surface area contributed by atoms with Gasteiger partial charge in [0, 0.05) is 47.8 Å². The second-order valence-corrected chi connectivity index (χ2v) is 9.17. The molecule has 4 amide bonds. The smallest absolute Gasteiger partial charge is 0.322 e. The number of nitrogens with one attached hydrogen (secondary N) is 2. The van der Waals surface area contributed by atoms with Crippen molar-refractivity contribution in [1.29, 1.82) is 0 Å². The zero-order valence-electron chi connectivity index (χ0n) is 18.7. The summed E-state index contributed by atoms with van der Waals surface area (Å²) in [5.74, 6) is -0.509. The number of urea groups is 1. The Bertz CT molecular complexity index is 1000. The monoisotopic (exact) mass is 490 g/mol. The van der Waals surface area contributed by atoms with Crippen LogP contribution in [0.2, 0.25) is 10.0 Å². The van der Waals surface area contributed by atoms with Gasteiger partial charge in [0.15, 0.2) is 0 Å². The maximum absolute atomic E-state index is 13.0. The summed E-state index contributed by atoms with van der Waals surface area (Å²) in [5.41, 5.74) is 0.320. The number of carbonyl (C=O) groups excluding carboxylic acids is 3. The summed E-state index contributed by atoms with van der Waals surface area (Å²) < 4.78 is 0. The lowest BCUT2D eigenvalue weighted by Gasteiger charge is -2.41. The van der Waals surface area contributed by atoms with Crippen LogP contribution in [0.15, 0.2) is 54.7 Å². The van der Waals surface area contributed by atoms with Crippen LogP contribution in [0.4, 0.5) is 10.5 Å². The largest absolute Gasteiger partial charge is 0.365 e. The van der Waals surface area contributed by atoms with E-state index in [1.54, 1.807) is 42.2 Å². The first kappa shape index (κ1) is 24.9. The Hall–Kier alpha value is -2.77. The van der Waals surface area contributed by atoms with Crippen LogP contribution < -0.4 is 15.5 Å². The van der Waals surface area contributed by atoms with Crippen molar-refractivity contribution in [3.05, 3.63) is 64.7 Å².